The lowest BCUT2D eigenvalue weighted by Crippen LogP contribution is -2.24. The lowest BCUT2D eigenvalue weighted by Gasteiger charge is -2.09. The van der Waals surface area contributed by atoms with Gasteiger partial charge in [-0.15, -0.1) is 0 Å². The van der Waals surface area contributed by atoms with E-state index in [1.807, 2.05) is 31.3 Å². The maximum Gasteiger partial charge on any atom is 0.255 e. The van der Waals surface area contributed by atoms with E-state index in [2.05, 4.69) is 21.2 Å². The van der Waals surface area contributed by atoms with Gasteiger partial charge in [-0.25, -0.2) is 0 Å². The average Bonchev–Trinajstić information content (AvgIpc) is 2.25. The zero-order valence-corrected chi connectivity index (χ0v) is 10.8. The molecule has 4 heteroatoms. The van der Waals surface area contributed by atoms with E-state index in [-0.39, 0.29) is 5.56 Å². The Morgan fingerprint density at radius 3 is 2.88 bits per heavy atom. The van der Waals surface area contributed by atoms with Crippen LogP contribution in [0.4, 0.5) is 0 Å². The third-order valence-electron chi connectivity index (χ3n) is 2.63. The van der Waals surface area contributed by atoms with Gasteiger partial charge in [-0.1, -0.05) is 12.1 Å². The number of halogens is 1. The molecule has 0 saturated carbocycles. The quantitative estimate of drug-likeness (QED) is 0.913. The first-order chi connectivity index (χ1) is 7.65. The minimum Gasteiger partial charge on any atom is -0.315 e. The maximum atomic E-state index is 12.0. The van der Waals surface area contributed by atoms with Crippen molar-refractivity contribution < 1.29 is 0 Å². The molecule has 1 aromatic heterocycles. The fourth-order valence-electron chi connectivity index (χ4n) is 1.89. The van der Waals surface area contributed by atoms with Crippen LogP contribution in [-0.4, -0.2) is 11.6 Å². The van der Waals surface area contributed by atoms with Crippen molar-refractivity contribution in [2.75, 3.05) is 7.05 Å². The van der Waals surface area contributed by atoms with Crippen LogP contribution < -0.4 is 10.9 Å². The molecule has 1 heterocycles. The second-order valence-corrected chi connectivity index (χ2v) is 4.60. The van der Waals surface area contributed by atoms with Gasteiger partial charge in [0.25, 0.3) is 5.56 Å². The molecule has 0 unspecified atom stereocenters. The monoisotopic (exact) mass is 280 g/mol. The van der Waals surface area contributed by atoms with Crippen LogP contribution in [0.2, 0.25) is 0 Å². The fraction of sp³-hybridized carbons (Fsp3) is 0.250. The molecule has 0 spiro atoms. The average molecular weight is 281 g/mol. The Labute approximate surface area is 102 Å². The van der Waals surface area contributed by atoms with Crippen molar-refractivity contribution in [3.8, 4) is 0 Å². The van der Waals surface area contributed by atoms with Crippen LogP contribution in [0.5, 0.6) is 0 Å². The number of hydrogen-bond donors (Lipinski definition) is 1. The number of pyridine rings is 1. The summed E-state index contributed by atoms with van der Waals surface area (Å²) in [7, 11) is 3.64. The molecule has 2 rings (SSSR count). The number of aryl methyl sites for hydroxylation is 1. The number of para-hydroxylation sites is 1. The molecular formula is C12H13BrN2O. The first-order valence-electron chi connectivity index (χ1n) is 5.07. The molecule has 2 aromatic rings. The van der Waals surface area contributed by atoms with E-state index in [9.17, 15) is 4.79 Å². The van der Waals surface area contributed by atoms with Gasteiger partial charge in [0, 0.05) is 23.6 Å². The molecule has 0 aliphatic rings. The Balaban J connectivity index is 2.83. The second-order valence-electron chi connectivity index (χ2n) is 3.74. The van der Waals surface area contributed by atoms with E-state index < -0.39 is 0 Å². The van der Waals surface area contributed by atoms with Crippen LogP contribution in [0.3, 0.4) is 0 Å². The Morgan fingerprint density at radius 1 is 1.44 bits per heavy atom. The lowest BCUT2D eigenvalue weighted by atomic mass is 10.1. The van der Waals surface area contributed by atoms with Crippen LogP contribution in [0, 0.1) is 0 Å². The molecular weight excluding hydrogens is 268 g/mol. The number of nitrogens with zero attached hydrogens (tertiary/aromatic N) is 1. The van der Waals surface area contributed by atoms with E-state index >= 15 is 0 Å². The van der Waals surface area contributed by atoms with Crippen molar-refractivity contribution in [2.45, 2.75) is 6.54 Å². The molecule has 84 valence electrons. The molecule has 1 N–H and O–H groups in total. The topological polar surface area (TPSA) is 34.0 Å². The second kappa shape index (κ2) is 4.39. The van der Waals surface area contributed by atoms with Crippen LogP contribution in [0.1, 0.15) is 5.56 Å². The van der Waals surface area contributed by atoms with Crippen molar-refractivity contribution in [3.63, 3.8) is 0 Å². The maximum absolute atomic E-state index is 12.0. The first kappa shape index (κ1) is 11.4. The van der Waals surface area contributed by atoms with Gasteiger partial charge < -0.3 is 9.88 Å². The minimum atomic E-state index is 0.0498. The van der Waals surface area contributed by atoms with E-state index in [1.54, 1.807) is 11.6 Å². The van der Waals surface area contributed by atoms with E-state index in [1.165, 1.54) is 0 Å². The highest BCUT2D eigenvalue weighted by Gasteiger charge is 2.07. The van der Waals surface area contributed by atoms with E-state index in [4.69, 9.17) is 0 Å². The molecule has 0 amide bonds. The molecule has 0 radical (unpaired) electrons. The van der Waals surface area contributed by atoms with Gasteiger partial charge >= 0.3 is 0 Å². The van der Waals surface area contributed by atoms with Gasteiger partial charge in [0.15, 0.2) is 0 Å². The normalized spacial score (nSPS) is 10.9. The highest BCUT2D eigenvalue weighted by Crippen LogP contribution is 2.22. The van der Waals surface area contributed by atoms with E-state index in [0.717, 1.165) is 20.9 Å². The highest BCUT2D eigenvalue weighted by molar-refractivity contribution is 9.10. The zero-order chi connectivity index (χ0) is 11.7. The van der Waals surface area contributed by atoms with Gasteiger partial charge in [-0.3, -0.25) is 4.79 Å². The van der Waals surface area contributed by atoms with Gasteiger partial charge in [0.2, 0.25) is 0 Å². The summed E-state index contributed by atoms with van der Waals surface area (Å²) in [5, 5.41) is 4.08. The van der Waals surface area contributed by atoms with Gasteiger partial charge in [0.05, 0.1) is 5.52 Å². The minimum absolute atomic E-state index is 0.0498. The number of nitrogens with one attached hydrogen (secondary N) is 1. The fourth-order valence-corrected chi connectivity index (χ4v) is 2.53. The largest absolute Gasteiger partial charge is 0.315 e. The van der Waals surface area contributed by atoms with E-state index in [0.29, 0.717) is 6.54 Å². The first-order valence-corrected chi connectivity index (χ1v) is 5.86. The summed E-state index contributed by atoms with van der Waals surface area (Å²) in [6.07, 6.45) is 0. The summed E-state index contributed by atoms with van der Waals surface area (Å²) in [5.41, 5.74) is 1.77. The number of rotatable bonds is 2. The smallest absolute Gasteiger partial charge is 0.255 e. The molecule has 0 atom stereocenters. The van der Waals surface area contributed by atoms with Crippen molar-refractivity contribution in [1.29, 1.82) is 0 Å². The SMILES string of the molecule is CNCc1cc2cccc(Br)c2n(C)c1=O. The number of aromatic nitrogens is 1. The Morgan fingerprint density at radius 2 is 2.19 bits per heavy atom. The standard InChI is InChI=1S/C12H13BrN2O/c1-14-7-9-6-8-4-3-5-10(13)11(8)15(2)12(9)16/h3-6,14H,7H2,1-2H3. The van der Waals surface area contributed by atoms with Gasteiger partial charge in [-0.2, -0.15) is 0 Å². The molecule has 0 aliphatic heterocycles. The van der Waals surface area contributed by atoms with Crippen LogP contribution in [0.15, 0.2) is 33.5 Å². The molecule has 0 bridgehead atoms. The number of hydrogen-bond acceptors (Lipinski definition) is 2. The summed E-state index contributed by atoms with van der Waals surface area (Å²) in [6, 6.07) is 7.87. The summed E-state index contributed by atoms with van der Waals surface area (Å²) in [5.74, 6) is 0. The third-order valence-corrected chi connectivity index (χ3v) is 3.27. The van der Waals surface area contributed by atoms with Gasteiger partial charge in [-0.05, 0) is 40.5 Å². The van der Waals surface area contributed by atoms with Crippen LogP contribution >= 0.6 is 15.9 Å². The van der Waals surface area contributed by atoms with Crippen molar-refractivity contribution >= 4 is 26.8 Å². The van der Waals surface area contributed by atoms with Gasteiger partial charge in [0.1, 0.15) is 0 Å². The van der Waals surface area contributed by atoms with Crippen LogP contribution in [0.25, 0.3) is 10.9 Å². The third kappa shape index (κ3) is 1.79. The van der Waals surface area contributed by atoms with Crippen LogP contribution in [-0.2, 0) is 13.6 Å². The zero-order valence-electron chi connectivity index (χ0n) is 9.25. The molecule has 16 heavy (non-hydrogen) atoms. The molecule has 0 fully saturated rings. The Hall–Kier alpha value is -1.13. The summed E-state index contributed by atoms with van der Waals surface area (Å²) in [4.78, 5) is 12.0. The molecule has 0 aliphatic carbocycles. The summed E-state index contributed by atoms with van der Waals surface area (Å²) in [6.45, 7) is 0.592. The summed E-state index contributed by atoms with van der Waals surface area (Å²) >= 11 is 3.47. The predicted molar refractivity (Wildman–Crippen MR) is 69.7 cm³/mol. The van der Waals surface area contributed by atoms with Crippen molar-refractivity contribution in [3.05, 3.63) is 44.7 Å². The molecule has 1 aromatic carbocycles. The lowest BCUT2D eigenvalue weighted by molar-refractivity contribution is 0.782. The highest BCUT2D eigenvalue weighted by atomic mass is 79.9. The van der Waals surface area contributed by atoms with Crippen molar-refractivity contribution in [2.24, 2.45) is 7.05 Å². The molecule has 0 saturated heterocycles. The predicted octanol–water partition coefficient (Wildman–Crippen LogP) is 2.02. The van der Waals surface area contributed by atoms with Crippen molar-refractivity contribution in [1.82, 2.24) is 9.88 Å². The molecule has 3 nitrogen and oxygen atoms in total. The Bertz CT molecular complexity index is 589. The summed E-state index contributed by atoms with van der Waals surface area (Å²) < 4.78 is 2.63. The Kier molecular flexibility index (Phi) is 3.12. The number of benzene rings is 1. The number of fused-ring (bicyclic) bond motifs is 1.